The first-order valence-electron chi connectivity index (χ1n) is 9.30. The molecule has 1 N–H and O–H groups in total. The number of carbonyl (C=O) groups excluding carboxylic acids is 1. The maximum absolute atomic E-state index is 12.4. The molecule has 0 radical (unpaired) electrons. The standard InChI is InChI=1S/C22H17N5O3/c1-29-17-6-7-18-19(10-17)30-21(26-18)15-4-2-14(3-5-15)11-24-20(28)16-12-25-22-23-8-9-27(22)13-16/h2-10,12-13H,11H2,1H3,(H,24,28). The molecule has 2 aromatic carbocycles. The Labute approximate surface area is 171 Å². The maximum atomic E-state index is 12.4. The lowest BCUT2D eigenvalue weighted by Gasteiger charge is -2.06. The van der Waals surface area contributed by atoms with Crippen molar-refractivity contribution in [1.82, 2.24) is 24.7 Å². The lowest BCUT2D eigenvalue weighted by Crippen LogP contribution is -2.23. The number of nitrogens with zero attached hydrogens (tertiary/aromatic N) is 4. The highest BCUT2D eigenvalue weighted by atomic mass is 16.5. The molecule has 3 aromatic heterocycles. The number of hydrogen-bond acceptors (Lipinski definition) is 6. The van der Waals surface area contributed by atoms with Crippen molar-refractivity contribution in [2.75, 3.05) is 7.11 Å². The van der Waals surface area contributed by atoms with Gasteiger partial charge in [-0.05, 0) is 29.8 Å². The molecule has 30 heavy (non-hydrogen) atoms. The highest BCUT2D eigenvalue weighted by Crippen LogP contribution is 2.27. The molecule has 0 atom stereocenters. The molecular formula is C22H17N5O3. The first kappa shape index (κ1) is 17.9. The van der Waals surface area contributed by atoms with E-state index in [-0.39, 0.29) is 5.91 Å². The van der Waals surface area contributed by atoms with Crippen molar-refractivity contribution in [3.63, 3.8) is 0 Å². The van der Waals surface area contributed by atoms with Gasteiger partial charge in [0, 0.05) is 43.0 Å². The van der Waals surface area contributed by atoms with Gasteiger partial charge >= 0.3 is 0 Å². The monoisotopic (exact) mass is 399 g/mol. The number of nitrogens with one attached hydrogen (secondary N) is 1. The molecule has 0 fully saturated rings. The number of benzene rings is 2. The van der Waals surface area contributed by atoms with Crippen LogP contribution in [0.5, 0.6) is 5.75 Å². The quantitative estimate of drug-likeness (QED) is 0.486. The highest BCUT2D eigenvalue weighted by Gasteiger charge is 2.10. The fourth-order valence-corrected chi connectivity index (χ4v) is 3.14. The van der Waals surface area contributed by atoms with Gasteiger partial charge in [0.05, 0.1) is 12.7 Å². The lowest BCUT2D eigenvalue weighted by atomic mass is 10.1. The number of rotatable bonds is 5. The zero-order chi connectivity index (χ0) is 20.5. The molecular weight excluding hydrogens is 382 g/mol. The first-order valence-corrected chi connectivity index (χ1v) is 9.30. The minimum absolute atomic E-state index is 0.199. The van der Waals surface area contributed by atoms with Crippen molar-refractivity contribution in [3.8, 4) is 17.2 Å². The third-order valence-corrected chi connectivity index (χ3v) is 4.76. The van der Waals surface area contributed by atoms with Crippen molar-refractivity contribution < 1.29 is 13.9 Å². The van der Waals surface area contributed by atoms with Crippen molar-refractivity contribution in [2.45, 2.75) is 6.54 Å². The molecule has 8 heteroatoms. The smallest absolute Gasteiger partial charge is 0.254 e. The molecule has 0 aliphatic rings. The van der Waals surface area contributed by atoms with Gasteiger partial charge in [0.25, 0.3) is 5.91 Å². The van der Waals surface area contributed by atoms with Gasteiger partial charge in [0.15, 0.2) is 5.58 Å². The second kappa shape index (κ2) is 7.32. The third kappa shape index (κ3) is 3.35. The molecule has 0 aliphatic carbocycles. The van der Waals surface area contributed by atoms with E-state index in [0.717, 1.165) is 22.4 Å². The summed E-state index contributed by atoms with van der Waals surface area (Å²) in [4.78, 5) is 25.1. The van der Waals surface area contributed by atoms with Crippen LogP contribution < -0.4 is 10.1 Å². The molecule has 1 amide bonds. The molecule has 0 saturated carbocycles. The summed E-state index contributed by atoms with van der Waals surface area (Å²) < 4.78 is 12.8. The van der Waals surface area contributed by atoms with Crippen LogP contribution in [0, 0.1) is 0 Å². The molecule has 0 bridgehead atoms. The second-order valence-corrected chi connectivity index (χ2v) is 6.71. The van der Waals surface area contributed by atoms with Crippen LogP contribution in [0.3, 0.4) is 0 Å². The van der Waals surface area contributed by atoms with Gasteiger partial charge in [0.2, 0.25) is 11.7 Å². The topological polar surface area (TPSA) is 94.5 Å². The largest absolute Gasteiger partial charge is 0.497 e. The van der Waals surface area contributed by atoms with Crippen LogP contribution in [0.15, 0.2) is 71.7 Å². The van der Waals surface area contributed by atoms with E-state index in [9.17, 15) is 4.79 Å². The minimum Gasteiger partial charge on any atom is -0.497 e. The summed E-state index contributed by atoms with van der Waals surface area (Å²) in [6.45, 7) is 0.395. The fraction of sp³-hybridized carbons (Fsp3) is 0.0909. The molecule has 8 nitrogen and oxygen atoms in total. The molecule has 148 valence electrons. The molecule has 0 aliphatic heterocycles. The Bertz CT molecular complexity index is 1350. The van der Waals surface area contributed by atoms with E-state index in [1.54, 1.807) is 30.1 Å². The Morgan fingerprint density at radius 2 is 2.03 bits per heavy atom. The summed E-state index contributed by atoms with van der Waals surface area (Å²) in [6, 6.07) is 13.2. The van der Waals surface area contributed by atoms with Gasteiger partial charge in [-0.1, -0.05) is 12.1 Å². The van der Waals surface area contributed by atoms with E-state index in [1.807, 2.05) is 42.5 Å². The third-order valence-electron chi connectivity index (χ3n) is 4.76. The first-order chi connectivity index (χ1) is 14.7. The fourth-order valence-electron chi connectivity index (χ4n) is 3.14. The van der Waals surface area contributed by atoms with Gasteiger partial charge in [-0.2, -0.15) is 0 Å². The van der Waals surface area contributed by atoms with E-state index < -0.39 is 0 Å². The number of fused-ring (bicyclic) bond motifs is 2. The molecule has 3 heterocycles. The van der Waals surface area contributed by atoms with Gasteiger partial charge in [-0.15, -0.1) is 0 Å². The minimum atomic E-state index is -0.199. The summed E-state index contributed by atoms with van der Waals surface area (Å²) in [6.07, 6.45) is 6.61. The zero-order valence-electron chi connectivity index (χ0n) is 16.1. The number of imidazole rings is 1. The molecule has 5 aromatic rings. The summed E-state index contributed by atoms with van der Waals surface area (Å²) in [5.41, 5.74) is 3.73. The Kier molecular flexibility index (Phi) is 4.36. The van der Waals surface area contributed by atoms with Crippen LogP contribution >= 0.6 is 0 Å². The van der Waals surface area contributed by atoms with Gasteiger partial charge in [0.1, 0.15) is 11.3 Å². The predicted octanol–water partition coefficient (Wildman–Crippen LogP) is 3.48. The summed E-state index contributed by atoms with van der Waals surface area (Å²) in [7, 11) is 1.61. The second-order valence-electron chi connectivity index (χ2n) is 6.71. The summed E-state index contributed by atoms with van der Waals surface area (Å²) >= 11 is 0. The van der Waals surface area contributed by atoms with E-state index >= 15 is 0 Å². The maximum Gasteiger partial charge on any atom is 0.254 e. The average molecular weight is 399 g/mol. The van der Waals surface area contributed by atoms with Crippen LogP contribution in [0.2, 0.25) is 0 Å². The Morgan fingerprint density at radius 3 is 2.87 bits per heavy atom. The zero-order valence-corrected chi connectivity index (χ0v) is 16.1. The molecule has 0 spiro atoms. The molecule has 5 rings (SSSR count). The van der Waals surface area contributed by atoms with Gasteiger partial charge < -0.3 is 14.5 Å². The highest BCUT2D eigenvalue weighted by molar-refractivity contribution is 5.93. The predicted molar refractivity (Wildman–Crippen MR) is 110 cm³/mol. The van der Waals surface area contributed by atoms with Crippen LogP contribution in [-0.4, -0.2) is 32.4 Å². The van der Waals surface area contributed by atoms with E-state index in [4.69, 9.17) is 9.15 Å². The van der Waals surface area contributed by atoms with Crippen LogP contribution in [0.25, 0.3) is 28.3 Å². The van der Waals surface area contributed by atoms with E-state index in [0.29, 0.717) is 29.4 Å². The number of hydrogen-bond donors (Lipinski definition) is 1. The number of oxazole rings is 1. The number of carbonyl (C=O) groups is 1. The number of aromatic nitrogens is 4. The van der Waals surface area contributed by atoms with Crippen molar-refractivity contribution in [1.29, 1.82) is 0 Å². The Balaban J connectivity index is 1.28. The van der Waals surface area contributed by atoms with E-state index in [2.05, 4.69) is 20.3 Å². The number of ether oxygens (including phenoxy) is 1. The Hall–Kier alpha value is -4.20. The number of amides is 1. The summed E-state index contributed by atoms with van der Waals surface area (Å²) in [5, 5.41) is 2.90. The van der Waals surface area contributed by atoms with Crippen LogP contribution in [-0.2, 0) is 6.54 Å². The van der Waals surface area contributed by atoms with Crippen molar-refractivity contribution in [3.05, 3.63) is 78.4 Å². The normalized spacial score (nSPS) is 11.1. The van der Waals surface area contributed by atoms with Crippen LogP contribution in [0.1, 0.15) is 15.9 Å². The SMILES string of the molecule is COc1ccc2nc(-c3ccc(CNC(=O)c4cnc5nccn5c4)cc3)oc2c1. The molecule has 0 saturated heterocycles. The average Bonchev–Trinajstić information content (AvgIpc) is 3.43. The van der Waals surface area contributed by atoms with Crippen molar-refractivity contribution in [2.24, 2.45) is 0 Å². The van der Waals surface area contributed by atoms with E-state index in [1.165, 1.54) is 6.20 Å². The molecule has 0 unspecified atom stereocenters. The Morgan fingerprint density at radius 1 is 1.17 bits per heavy atom. The van der Waals surface area contributed by atoms with Gasteiger partial charge in [-0.25, -0.2) is 15.0 Å². The van der Waals surface area contributed by atoms with Crippen molar-refractivity contribution >= 4 is 22.8 Å². The summed E-state index contributed by atoms with van der Waals surface area (Å²) in [5.74, 6) is 1.61. The van der Waals surface area contributed by atoms with Gasteiger partial charge in [-0.3, -0.25) is 9.20 Å². The van der Waals surface area contributed by atoms with Crippen LogP contribution in [0.4, 0.5) is 0 Å². The number of methoxy groups -OCH3 is 1. The lowest BCUT2D eigenvalue weighted by molar-refractivity contribution is 0.0950.